The molecule has 0 aromatic rings. The van der Waals surface area contributed by atoms with Crippen LogP contribution in [-0.4, -0.2) is 46.4 Å². The van der Waals surface area contributed by atoms with Crippen molar-refractivity contribution in [2.24, 2.45) is 29.1 Å². The second kappa shape index (κ2) is 9.33. The molecule has 0 saturated heterocycles. The molecule has 0 bridgehead atoms. The zero-order valence-corrected chi connectivity index (χ0v) is 23.8. The molecule has 0 aromatic carbocycles. The van der Waals surface area contributed by atoms with Crippen molar-refractivity contribution < 1.29 is 33.7 Å². The van der Waals surface area contributed by atoms with Gasteiger partial charge in [-0.25, -0.2) is 9.59 Å². The molecular weight excluding hydrogens is 496 g/mol. The largest absolute Gasteiger partial charge is 0.462 e. The van der Waals surface area contributed by atoms with Crippen LogP contribution in [0.15, 0.2) is 59.3 Å². The van der Waals surface area contributed by atoms with Crippen molar-refractivity contribution >= 4 is 17.9 Å². The summed E-state index contributed by atoms with van der Waals surface area (Å²) in [5.74, 6) is -1.83. The van der Waals surface area contributed by atoms with Crippen molar-refractivity contribution in [2.75, 3.05) is 0 Å². The van der Waals surface area contributed by atoms with Crippen LogP contribution in [0.2, 0.25) is 0 Å². The summed E-state index contributed by atoms with van der Waals surface area (Å²) in [4.78, 5) is 36.9. The minimum Gasteiger partial charge on any atom is -0.462 e. The Morgan fingerprint density at radius 1 is 1.21 bits per heavy atom. The predicted octanol–water partition coefficient (Wildman–Crippen LogP) is 4.91. The van der Waals surface area contributed by atoms with Gasteiger partial charge in [0, 0.05) is 36.8 Å². The highest BCUT2D eigenvalue weighted by atomic mass is 16.6. The second-order valence-electron chi connectivity index (χ2n) is 12.9. The predicted molar refractivity (Wildman–Crippen MR) is 145 cm³/mol. The molecule has 0 amide bonds. The smallest absolute Gasteiger partial charge is 0.333 e. The molecule has 2 heterocycles. The monoisotopic (exact) mass is 536 g/mol. The van der Waals surface area contributed by atoms with Crippen LogP contribution in [0, 0.1) is 29.1 Å². The van der Waals surface area contributed by atoms with Crippen LogP contribution in [-0.2, 0) is 28.6 Å². The lowest BCUT2D eigenvalue weighted by Gasteiger charge is -2.45. The van der Waals surface area contributed by atoms with Crippen molar-refractivity contribution in [3.63, 3.8) is 0 Å². The third-order valence-electron chi connectivity index (χ3n) is 10.0. The van der Waals surface area contributed by atoms with Gasteiger partial charge in [-0.05, 0) is 74.2 Å². The molecule has 0 aromatic heterocycles. The van der Waals surface area contributed by atoms with Crippen LogP contribution in [0.3, 0.4) is 0 Å². The average molecular weight is 537 g/mol. The first-order valence-electron chi connectivity index (χ1n) is 14.0. The summed E-state index contributed by atoms with van der Waals surface area (Å²) in [7, 11) is 0. The number of hydrogen-bond donors (Lipinski definition) is 1. The molecule has 0 radical (unpaired) electrons. The van der Waals surface area contributed by atoms with Crippen molar-refractivity contribution in [2.45, 2.75) is 90.6 Å². The number of hydrogen-bond acceptors (Lipinski definition) is 7. The van der Waals surface area contributed by atoms with Gasteiger partial charge < -0.3 is 19.3 Å². The fraction of sp³-hybridized carbons (Fsp3) is 0.594. The fourth-order valence-corrected chi connectivity index (χ4v) is 8.07. The van der Waals surface area contributed by atoms with Crippen molar-refractivity contribution in [3.8, 4) is 0 Å². The first-order chi connectivity index (χ1) is 18.2. The van der Waals surface area contributed by atoms with Crippen LogP contribution in [0.5, 0.6) is 0 Å². The lowest BCUT2D eigenvalue weighted by molar-refractivity contribution is -0.166. The van der Waals surface area contributed by atoms with E-state index in [0.717, 1.165) is 16.7 Å². The summed E-state index contributed by atoms with van der Waals surface area (Å²) in [6.07, 6.45) is 10.6. The topological polar surface area (TPSA) is 99.1 Å². The molecule has 5 rings (SSSR count). The van der Waals surface area contributed by atoms with Crippen LogP contribution in [0.4, 0.5) is 0 Å². The average Bonchev–Trinajstić information content (AvgIpc) is 2.91. The Hall–Kier alpha value is -2.93. The van der Waals surface area contributed by atoms with E-state index in [1.54, 1.807) is 13.0 Å². The normalized spacial score (nSPS) is 39.8. The molecule has 0 spiro atoms. The lowest BCUT2D eigenvalue weighted by Crippen LogP contribution is -2.46. The zero-order chi connectivity index (χ0) is 28.5. The van der Waals surface area contributed by atoms with Crippen LogP contribution < -0.4 is 0 Å². The summed E-state index contributed by atoms with van der Waals surface area (Å²) in [6, 6.07) is 0. The van der Waals surface area contributed by atoms with Crippen LogP contribution >= 0.6 is 0 Å². The summed E-state index contributed by atoms with van der Waals surface area (Å²) < 4.78 is 17.4. The van der Waals surface area contributed by atoms with Gasteiger partial charge in [-0.2, -0.15) is 0 Å². The first kappa shape index (κ1) is 27.6. The van der Waals surface area contributed by atoms with E-state index in [4.69, 9.17) is 14.2 Å². The number of allylic oxidation sites excluding steroid dienone is 3. The van der Waals surface area contributed by atoms with E-state index in [1.807, 2.05) is 26.0 Å². The van der Waals surface area contributed by atoms with Gasteiger partial charge >= 0.3 is 17.9 Å². The van der Waals surface area contributed by atoms with Gasteiger partial charge in [0.25, 0.3) is 0 Å². The second-order valence-corrected chi connectivity index (χ2v) is 12.9. The Balaban J connectivity index is 1.52. The van der Waals surface area contributed by atoms with Crippen molar-refractivity contribution in [1.29, 1.82) is 0 Å². The van der Waals surface area contributed by atoms with Gasteiger partial charge in [0.2, 0.25) is 0 Å². The van der Waals surface area contributed by atoms with Crippen LogP contribution in [0.1, 0.15) is 67.2 Å². The summed E-state index contributed by atoms with van der Waals surface area (Å²) in [6.45, 7) is 15.6. The SMILES string of the molecule is C=C1C([C@@H](C)[C@H]2CC=C(C)C(=O)O2)=CC[C@]2(C)[C@H]1C[C@]1(O)C=C3C=CC(=O)OC(C)(C)[C@@H]3[C@H](OC(C)=O)C[C@@H]21. The minimum absolute atomic E-state index is 0.0152. The Morgan fingerprint density at radius 2 is 1.92 bits per heavy atom. The Morgan fingerprint density at radius 3 is 2.59 bits per heavy atom. The third kappa shape index (κ3) is 4.52. The highest BCUT2D eigenvalue weighted by molar-refractivity contribution is 5.88. The molecule has 5 aliphatic rings. The standard InChI is InChI=1S/C32H40O7/c1-17-8-10-24(38-29(17)35)19(3)22-12-13-31(7)23(18(22)2)16-32(36)15-21-9-11-27(34)39-30(5,6)28(21)25(14-26(31)32)37-20(4)33/h8-9,11-12,15,19,23-26,28,36H,2,10,13-14,16H2,1,3-7H3/t19-,23+,24-,25-,26+,28+,31-,32-/m1/s1. The molecule has 1 fully saturated rings. The summed E-state index contributed by atoms with van der Waals surface area (Å²) in [5, 5.41) is 12.3. The number of carbonyl (C=O) groups excluding carboxylic acids is 3. The first-order valence-corrected chi connectivity index (χ1v) is 14.0. The molecule has 3 aliphatic carbocycles. The number of rotatable bonds is 3. The van der Waals surface area contributed by atoms with Gasteiger partial charge in [-0.1, -0.05) is 38.7 Å². The maximum Gasteiger partial charge on any atom is 0.333 e. The molecule has 7 heteroatoms. The van der Waals surface area contributed by atoms with Crippen molar-refractivity contribution in [3.05, 3.63) is 59.3 Å². The molecule has 1 N–H and O–H groups in total. The number of carbonyl (C=O) groups is 3. The zero-order valence-electron chi connectivity index (χ0n) is 23.8. The number of aliphatic hydroxyl groups is 1. The number of esters is 3. The lowest BCUT2D eigenvalue weighted by atomic mass is 9.61. The summed E-state index contributed by atoms with van der Waals surface area (Å²) >= 11 is 0. The van der Waals surface area contributed by atoms with Gasteiger partial charge in [0.15, 0.2) is 0 Å². The highest BCUT2D eigenvalue weighted by Crippen LogP contribution is 2.64. The minimum atomic E-state index is -1.19. The van der Waals surface area contributed by atoms with Crippen molar-refractivity contribution in [1.82, 2.24) is 0 Å². The third-order valence-corrected chi connectivity index (χ3v) is 10.0. The molecule has 0 unspecified atom stereocenters. The molecule has 39 heavy (non-hydrogen) atoms. The molecule has 8 atom stereocenters. The highest BCUT2D eigenvalue weighted by Gasteiger charge is 2.63. The van der Waals surface area contributed by atoms with Crippen LogP contribution in [0.25, 0.3) is 0 Å². The molecule has 7 nitrogen and oxygen atoms in total. The Bertz CT molecular complexity index is 1250. The number of ether oxygens (including phenoxy) is 3. The van der Waals surface area contributed by atoms with Gasteiger partial charge in [0.05, 0.1) is 11.5 Å². The van der Waals surface area contributed by atoms with E-state index >= 15 is 0 Å². The van der Waals surface area contributed by atoms with E-state index in [2.05, 4.69) is 26.5 Å². The summed E-state index contributed by atoms with van der Waals surface area (Å²) in [5.41, 5.74) is 0.963. The quantitative estimate of drug-likeness (QED) is 0.404. The van der Waals surface area contributed by atoms with Gasteiger partial charge in [0.1, 0.15) is 17.8 Å². The maximum atomic E-state index is 12.4. The van der Waals surface area contributed by atoms with E-state index in [1.165, 1.54) is 13.0 Å². The molecule has 2 aliphatic heterocycles. The molecule has 210 valence electrons. The number of fused-ring (bicyclic) bond motifs is 4. The van der Waals surface area contributed by atoms with E-state index in [-0.39, 0.29) is 35.2 Å². The molecule has 1 saturated carbocycles. The Labute approximate surface area is 230 Å². The van der Waals surface area contributed by atoms with E-state index in [0.29, 0.717) is 31.3 Å². The van der Waals surface area contributed by atoms with Gasteiger partial charge in [-0.15, -0.1) is 0 Å². The van der Waals surface area contributed by atoms with E-state index in [9.17, 15) is 19.5 Å². The van der Waals surface area contributed by atoms with Gasteiger partial charge in [-0.3, -0.25) is 4.79 Å². The van der Waals surface area contributed by atoms with E-state index < -0.39 is 35.2 Å². The fourth-order valence-electron chi connectivity index (χ4n) is 8.07. The Kier molecular flexibility index (Phi) is 6.61. The maximum absolute atomic E-state index is 12.4. The molecular formula is C32H40O7. The number of cyclic esters (lactones) is 2.